The molecule has 0 radical (unpaired) electrons. The van der Waals surface area contributed by atoms with Gasteiger partial charge in [-0.25, -0.2) is 4.39 Å². The SMILES string of the molecule is O=C(O)C1CCC1C(=O)Nc1cc(Br)ccc1F. The van der Waals surface area contributed by atoms with Crippen molar-refractivity contribution in [3.63, 3.8) is 0 Å². The Morgan fingerprint density at radius 3 is 2.56 bits per heavy atom. The Morgan fingerprint density at radius 1 is 1.33 bits per heavy atom. The Morgan fingerprint density at radius 2 is 2.00 bits per heavy atom. The first kappa shape index (κ1) is 13.0. The fraction of sp³-hybridized carbons (Fsp3) is 0.333. The first-order valence-corrected chi connectivity index (χ1v) is 6.27. The lowest BCUT2D eigenvalue weighted by molar-refractivity contribution is -0.151. The molecule has 2 rings (SSSR count). The molecule has 1 amide bonds. The molecule has 96 valence electrons. The third-order valence-corrected chi connectivity index (χ3v) is 3.61. The summed E-state index contributed by atoms with van der Waals surface area (Å²) in [6.07, 6.45) is 1.02. The minimum absolute atomic E-state index is 0.0606. The van der Waals surface area contributed by atoms with Gasteiger partial charge in [0.05, 0.1) is 17.5 Å². The molecule has 1 aromatic carbocycles. The summed E-state index contributed by atoms with van der Waals surface area (Å²) < 4.78 is 14.1. The van der Waals surface area contributed by atoms with Gasteiger partial charge in [0.1, 0.15) is 5.82 Å². The third-order valence-electron chi connectivity index (χ3n) is 3.11. The van der Waals surface area contributed by atoms with Crippen LogP contribution in [0.2, 0.25) is 0 Å². The van der Waals surface area contributed by atoms with E-state index in [-0.39, 0.29) is 5.69 Å². The molecular formula is C12H11BrFNO3. The molecule has 0 aliphatic heterocycles. The average Bonchev–Trinajstić information content (AvgIpc) is 2.20. The zero-order valence-corrected chi connectivity index (χ0v) is 10.9. The normalized spacial score (nSPS) is 22.1. The number of aliphatic carboxylic acids is 1. The number of hydrogen-bond acceptors (Lipinski definition) is 2. The van der Waals surface area contributed by atoms with E-state index in [1.165, 1.54) is 18.2 Å². The van der Waals surface area contributed by atoms with Gasteiger partial charge in [-0.1, -0.05) is 15.9 Å². The van der Waals surface area contributed by atoms with E-state index < -0.39 is 29.5 Å². The highest BCUT2D eigenvalue weighted by Gasteiger charge is 2.41. The number of carbonyl (C=O) groups is 2. The van der Waals surface area contributed by atoms with Crippen molar-refractivity contribution >= 4 is 33.5 Å². The number of nitrogens with one attached hydrogen (secondary N) is 1. The number of hydrogen-bond donors (Lipinski definition) is 2. The maximum Gasteiger partial charge on any atom is 0.307 e. The Kier molecular flexibility index (Phi) is 3.65. The monoisotopic (exact) mass is 315 g/mol. The van der Waals surface area contributed by atoms with Crippen LogP contribution in [0.4, 0.5) is 10.1 Å². The quantitative estimate of drug-likeness (QED) is 0.901. The summed E-state index contributed by atoms with van der Waals surface area (Å²) in [5.41, 5.74) is 0.0606. The lowest BCUT2D eigenvalue weighted by Gasteiger charge is -2.31. The van der Waals surface area contributed by atoms with Gasteiger partial charge < -0.3 is 10.4 Å². The number of halogens is 2. The molecule has 0 heterocycles. The second-order valence-electron chi connectivity index (χ2n) is 4.24. The number of amides is 1. The number of carboxylic acid groups (broad SMARTS) is 1. The standard InChI is InChI=1S/C12H11BrFNO3/c13-6-1-4-9(14)10(5-6)15-11(16)7-2-3-8(7)12(17)18/h1,4-5,7-8H,2-3H2,(H,15,16)(H,17,18). The molecule has 2 atom stereocenters. The topological polar surface area (TPSA) is 66.4 Å². The average molecular weight is 316 g/mol. The predicted molar refractivity (Wildman–Crippen MR) is 66.6 cm³/mol. The molecule has 1 aromatic rings. The molecule has 4 nitrogen and oxygen atoms in total. The summed E-state index contributed by atoms with van der Waals surface area (Å²) >= 11 is 3.18. The van der Waals surface area contributed by atoms with Crippen molar-refractivity contribution in [2.24, 2.45) is 11.8 Å². The highest BCUT2D eigenvalue weighted by atomic mass is 79.9. The Hall–Kier alpha value is -1.43. The molecule has 1 aliphatic rings. The van der Waals surface area contributed by atoms with E-state index in [0.717, 1.165) is 0 Å². The van der Waals surface area contributed by atoms with Gasteiger partial charge in [0.25, 0.3) is 0 Å². The molecule has 1 fully saturated rings. The molecule has 0 bridgehead atoms. The largest absolute Gasteiger partial charge is 0.481 e. The molecule has 0 aromatic heterocycles. The molecule has 1 saturated carbocycles. The lowest BCUT2D eigenvalue weighted by Crippen LogP contribution is -2.41. The van der Waals surface area contributed by atoms with E-state index in [1.54, 1.807) is 0 Å². The van der Waals surface area contributed by atoms with Gasteiger partial charge in [-0.05, 0) is 31.0 Å². The zero-order chi connectivity index (χ0) is 13.3. The van der Waals surface area contributed by atoms with E-state index in [9.17, 15) is 14.0 Å². The van der Waals surface area contributed by atoms with Crippen LogP contribution in [0.25, 0.3) is 0 Å². The van der Waals surface area contributed by atoms with Crippen molar-refractivity contribution in [3.8, 4) is 0 Å². The summed E-state index contributed by atoms with van der Waals surface area (Å²) in [6.45, 7) is 0. The van der Waals surface area contributed by atoms with Gasteiger partial charge >= 0.3 is 5.97 Å². The highest BCUT2D eigenvalue weighted by Crippen LogP contribution is 2.35. The Bertz CT molecular complexity index is 506. The van der Waals surface area contributed by atoms with Crippen molar-refractivity contribution in [1.82, 2.24) is 0 Å². The maximum absolute atomic E-state index is 13.4. The van der Waals surface area contributed by atoms with Gasteiger partial charge in [0.15, 0.2) is 0 Å². The molecule has 1 aliphatic carbocycles. The minimum atomic E-state index is -0.976. The van der Waals surface area contributed by atoms with Crippen LogP contribution in [0.15, 0.2) is 22.7 Å². The third kappa shape index (κ3) is 2.53. The predicted octanol–water partition coefficient (Wildman–Crippen LogP) is 2.64. The van der Waals surface area contributed by atoms with E-state index in [2.05, 4.69) is 21.2 Å². The van der Waals surface area contributed by atoms with E-state index in [0.29, 0.717) is 17.3 Å². The second-order valence-corrected chi connectivity index (χ2v) is 5.16. The molecule has 0 spiro atoms. The van der Waals surface area contributed by atoms with Crippen LogP contribution in [0.3, 0.4) is 0 Å². The fourth-order valence-corrected chi connectivity index (χ4v) is 2.29. The van der Waals surface area contributed by atoms with Crippen molar-refractivity contribution in [1.29, 1.82) is 0 Å². The van der Waals surface area contributed by atoms with Crippen LogP contribution in [0.1, 0.15) is 12.8 Å². The molecular weight excluding hydrogens is 305 g/mol. The zero-order valence-electron chi connectivity index (χ0n) is 9.32. The van der Waals surface area contributed by atoms with Crippen molar-refractivity contribution in [2.75, 3.05) is 5.32 Å². The first-order chi connectivity index (χ1) is 8.49. The van der Waals surface area contributed by atoms with Crippen LogP contribution >= 0.6 is 15.9 Å². The highest BCUT2D eigenvalue weighted by molar-refractivity contribution is 9.10. The van der Waals surface area contributed by atoms with Gasteiger partial charge in [0, 0.05) is 4.47 Å². The molecule has 6 heteroatoms. The van der Waals surface area contributed by atoms with Crippen LogP contribution in [-0.4, -0.2) is 17.0 Å². The van der Waals surface area contributed by atoms with Gasteiger partial charge in [-0.15, -0.1) is 0 Å². The van der Waals surface area contributed by atoms with E-state index in [4.69, 9.17) is 5.11 Å². The van der Waals surface area contributed by atoms with Crippen molar-refractivity contribution in [2.45, 2.75) is 12.8 Å². The van der Waals surface area contributed by atoms with Crippen molar-refractivity contribution < 1.29 is 19.1 Å². The summed E-state index contributed by atoms with van der Waals surface area (Å²) in [6, 6.07) is 4.20. The molecule has 2 N–H and O–H groups in total. The fourth-order valence-electron chi connectivity index (χ4n) is 1.93. The lowest BCUT2D eigenvalue weighted by atomic mass is 9.73. The van der Waals surface area contributed by atoms with Crippen molar-refractivity contribution in [3.05, 3.63) is 28.5 Å². The first-order valence-electron chi connectivity index (χ1n) is 5.48. The summed E-state index contributed by atoms with van der Waals surface area (Å²) in [5, 5.41) is 11.3. The number of anilines is 1. The van der Waals surface area contributed by atoms with Crippen LogP contribution < -0.4 is 5.32 Å². The number of rotatable bonds is 3. The Balaban J connectivity index is 2.08. The van der Waals surface area contributed by atoms with Crippen LogP contribution in [0, 0.1) is 17.7 Å². The molecule has 18 heavy (non-hydrogen) atoms. The maximum atomic E-state index is 13.4. The van der Waals surface area contributed by atoms with Crippen LogP contribution in [-0.2, 0) is 9.59 Å². The summed E-state index contributed by atoms with van der Waals surface area (Å²) in [5.74, 6) is -3.18. The summed E-state index contributed by atoms with van der Waals surface area (Å²) in [4.78, 5) is 22.6. The number of carbonyl (C=O) groups excluding carboxylic acids is 1. The number of carboxylic acids is 1. The number of benzene rings is 1. The van der Waals surface area contributed by atoms with Gasteiger partial charge in [-0.3, -0.25) is 9.59 Å². The Labute approximate surface area is 111 Å². The van der Waals surface area contributed by atoms with Crippen LogP contribution in [0.5, 0.6) is 0 Å². The van der Waals surface area contributed by atoms with Gasteiger partial charge in [0.2, 0.25) is 5.91 Å². The second kappa shape index (κ2) is 5.06. The van der Waals surface area contributed by atoms with Gasteiger partial charge in [-0.2, -0.15) is 0 Å². The summed E-state index contributed by atoms with van der Waals surface area (Å²) in [7, 11) is 0. The molecule has 0 saturated heterocycles. The smallest absolute Gasteiger partial charge is 0.307 e. The minimum Gasteiger partial charge on any atom is -0.481 e. The molecule has 2 unspecified atom stereocenters. The van der Waals surface area contributed by atoms with E-state index >= 15 is 0 Å². The van der Waals surface area contributed by atoms with E-state index in [1.807, 2.05) is 0 Å².